The third kappa shape index (κ3) is 3.20. The highest BCUT2D eigenvalue weighted by atomic mass is 16.3. The zero-order valence-corrected chi connectivity index (χ0v) is 8.76. The summed E-state index contributed by atoms with van der Waals surface area (Å²) in [5, 5.41) is 27.6. The predicted molar refractivity (Wildman–Crippen MR) is 53.7 cm³/mol. The van der Waals surface area contributed by atoms with Crippen LogP contribution in [0.15, 0.2) is 0 Å². The van der Waals surface area contributed by atoms with E-state index in [1.807, 2.05) is 4.90 Å². The molecule has 0 aromatic heterocycles. The Balaban J connectivity index is 2.28. The van der Waals surface area contributed by atoms with E-state index in [0.29, 0.717) is 5.92 Å². The molecule has 1 rings (SSSR count). The van der Waals surface area contributed by atoms with Gasteiger partial charge in [-0.2, -0.15) is 0 Å². The molecule has 0 bridgehead atoms. The first-order valence-electron chi connectivity index (χ1n) is 5.36. The molecule has 1 aliphatic rings. The lowest BCUT2D eigenvalue weighted by Crippen LogP contribution is -2.46. The summed E-state index contributed by atoms with van der Waals surface area (Å²) in [6, 6.07) is 0. The Kier molecular flexibility index (Phi) is 4.81. The van der Waals surface area contributed by atoms with Gasteiger partial charge in [0, 0.05) is 19.7 Å². The molecule has 3 N–H and O–H groups in total. The molecule has 14 heavy (non-hydrogen) atoms. The number of hydrogen-bond acceptors (Lipinski definition) is 4. The van der Waals surface area contributed by atoms with Gasteiger partial charge >= 0.3 is 0 Å². The van der Waals surface area contributed by atoms with Crippen LogP contribution in [0.4, 0.5) is 0 Å². The van der Waals surface area contributed by atoms with Gasteiger partial charge in [0.2, 0.25) is 0 Å². The Labute approximate surface area is 85.2 Å². The van der Waals surface area contributed by atoms with E-state index >= 15 is 0 Å². The zero-order valence-electron chi connectivity index (χ0n) is 8.76. The fourth-order valence-electron chi connectivity index (χ4n) is 1.99. The van der Waals surface area contributed by atoms with Crippen molar-refractivity contribution in [3.8, 4) is 0 Å². The topological polar surface area (TPSA) is 63.9 Å². The van der Waals surface area contributed by atoms with Crippen molar-refractivity contribution in [1.82, 2.24) is 4.90 Å². The minimum atomic E-state index is -0.731. The maximum absolute atomic E-state index is 9.59. The minimum absolute atomic E-state index is 0.254. The third-order valence-corrected chi connectivity index (χ3v) is 2.99. The lowest BCUT2D eigenvalue weighted by Gasteiger charge is -2.35. The average molecular weight is 203 g/mol. The maximum atomic E-state index is 9.59. The molecule has 0 radical (unpaired) electrons. The van der Waals surface area contributed by atoms with Gasteiger partial charge in [-0.1, -0.05) is 0 Å². The monoisotopic (exact) mass is 203 g/mol. The van der Waals surface area contributed by atoms with E-state index in [1.54, 1.807) is 6.92 Å². The first-order valence-corrected chi connectivity index (χ1v) is 5.36. The van der Waals surface area contributed by atoms with Crippen molar-refractivity contribution in [2.75, 3.05) is 19.7 Å². The summed E-state index contributed by atoms with van der Waals surface area (Å²) in [5.41, 5.74) is 0. The molecule has 1 heterocycles. The Morgan fingerprint density at radius 2 is 1.86 bits per heavy atom. The van der Waals surface area contributed by atoms with Crippen LogP contribution < -0.4 is 0 Å². The molecule has 1 saturated heterocycles. The molecule has 84 valence electrons. The molecule has 0 aromatic carbocycles. The average Bonchev–Trinajstić information content (AvgIpc) is 2.18. The van der Waals surface area contributed by atoms with Gasteiger partial charge in [0.05, 0.1) is 6.10 Å². The second-order valence-corrected chi connectivity index (χ2v) is 4.15. The highest BCUT2D eigenvalue weighted by Gasteiger charge is 2.25. The van der Waals surface area contributed by atoms with E-state index in [4.69, 9.17) is 5.11 Å². The normalized spacial score (nSPS) is 24.9. The van der Waals surface area contributed by atoms with E-state index < -0.39 is 12.3 Å². The van der Waals surface area contributed by atoms with Crippen LogP contribution in [0.1, 0.15) is 26.2 Å². The Morgan fingerprint density at radius 3 is 2.29 bits per heavy atom. The molecule has 0 saturated carbocycles. The second kappa shape index (κ2) is 5.66. The lowest BCUT2D eigenvalue weighted by atomic mass is 9.93. The van der Waals surface area contributed by atoms with Gasteiger partial charge in [0.15, 0.2) is 0 Å². The lowest BCUT2D eigenvalue weighted by molar-refractivity contribution is -0.0874. The van der Waals surface area contributed by atoms with Crippen LogP contribution in [-0.4, -0.2) is 52.2 Å². The Morgan fingerprint density at radius 1 is 1.29 bits per heavy atom. The molecule has 2 atom stereocenters. The fourth-order valence-corrected chi connectivity index (χ4v) is 1.99. The summed E-state index contributed by atoms with van der Waals surface area (Å²) >= 11 is 0. The SMILES string of the molecule is CC(O)C(O)N1CCC(CCO)CC1. The van der Waals surface area contributed by atoms with Crippen molar-refractivity contribution in [3.63, 3.8) is 0 Å². The van der Waals surface area contributed by atoms with Crippen LogP contribution in [0.3, 0.4) is 0 Å². The summed E-state index contributed by atoms with van der Waals surface area (Å²) in [4.78, 5) is 1.90. The number of rotatable bonds is 4. The molecular weight excluding hydrogens is 182 g/mol. The molecule has 1 fully saturated rings. The van der Waals surface area contributed by atoms with Crippen LogP contribution in [0, 0.1) is 5.92 Å². The molecular formula is C10H21NO3. The van der Waals surface area contributed by atoms with Crippen LogP contribution in [0.2, 0.25) is 0 Å². The third-order valence-electron chi connectivity index (χ3n) is 2.99. The minimum Gasteiger partial charge on any atom is -0.396 e. The van der Waals surface area contributed by atoms with Gasteiger partial charge in [0.25, 0.3) is 0 Å². The quantitative estimate of drug-likeness (QED) is 0.591. The van der Waals surface area contributed by atoms with Crippen molar-refractivity contribution in [2.24, 2.45) is 5.92 Å². The number of aliphatic hydroxyl groups is 3. The number of nitrogens with zero attached hydrogens (tertiary/aromatic N) is 1. The van der Waals surface area contributed by atoms with Gasteiger partial charge in [-0.25, -0.2) is 0 Å². The van der Waals surface area contributed by atoms with E-state index in [9.17, 15) is 10.2 Å². The van der Waals surface area contributed by atoms with Crippen molar-refractivity contribution < 1.29 is 15.3 Å². The summed E-state index contributed by atoms with van der Waals surface area (Å²) in [6.45, 7) is 3.49. The number of piperidine rings is 1. The van der Waals surface area contributed by atoms with Gasteiger partial charge in [-0.15, -0.1) is 0 Å². The van der Waals surface area contributed by atoms with Crippen molar-refractivity contribution in [3.05, 3.63) is 0 Å². The largest absolute Gasteiger partial charge is 0.396 e. The highest BCUT2D eigenvalue weighted by Crippen LogP contribution is 2.21. The van der Waals surface area contributed by atoms with Crippen LogP contribution in [0.25, 0.3) is 0 Å². The summed E-state index contributed by atoms with van der Waals surface area (Å²) in [6.07, 6.45) is 1.45. The van der Waals surface area contributed by atoms with Crippen LogP contribution in [0.5, 0.6) is 0 Å². The summed E-state index contributed by atoms with van der Waals surface area (Å²) in [5.74, 6) is 0.581. The molecule has 0 amide bonds. The maximum Gasteiger partial charge on any atom is 0.133 e. The Hall–Kier alpha value is -0.160. The van der Waals surface area contributed by atoms with E-state index in [-0.39, 0.29) is 6.61 Å². The molecule has 0 aliphatic carbocycles. The van der Waals surface area contributed by atoms with E-state index in [1.165, 1.54) is 0 Å². The van der Waals surface area contributed by atoms with Gasteiger partial charge < -0.3 is 15.3 Å². The summed E-state index contributed by atoms with van der Waals surface area (Å²) in [7, 11) is 0. The predicted octanol–water partition coefficient (Wildman–Crippen LogP) is -0.220. The van der Waals surface area contributed by atoms with Crippen molar-refractivity contribution in [2.45, 2.75) is 38.5 Å². The smallest absolute Gasteiger partial charge is 0.133 e. The van der Waals surface area contributed by atoms with Gasteiger partial charge in [-0.3, -0.25) is 4.90 Å². The highest BCUT2D eigenvalue weighted by molar-refractivity contribution is 4.75. The van der Waals surface area contributed by atoms with E-state index in [2.05, 4.69) is 0 Å². The van der Waals surface area contributed by atoms with Gasteiger partial charge in [0.1, 0.15) is 6.23 Å². The Bertz CT molecular complexity index is 155. The molecule has 0 spiro atoms. The van der Waals surface area contributed by atoms with E-state index in [0.717, 1.165) is 32.4 Å². The molecule has 1 aliphatic heterocycles. The van der Waals surface area contributed by atoms with Crippen molar-refractivity contribution in [1.29, 1.82) is 0 Å². The second-order valence-electron chi connectivity index (χ2n) is 4.15. The molecule has 0 aromatic rings. The molecule has 4 heteroatoms. The zero-order chi connectivity index (χ0) is 10.6. The first kappa shape index (κ1) is 11.9. The standard InChI is InChI=1S/C10H21NO3/c1-8(13)10(14)11-5-2-9(3-6-11)4-7-12/h8-10,12-14H,2-7H2,1H3. The van der Waals surface area contributed by atoms with Gasteiger partial charge in [-0.05, 0) is 32.1 Å². The van der Waals surface area contributed by atoms with Crippen molar-refractivity contribution >= 4 is 0 Å². The van der Waals surface area contributed by atoms with Crippen LogP contribution >= 0.6 is 0 Å². The number of hydrogen-bond donors (Lipinski definition) is 3. The molecule has 4 nitrogen and oxygen atoms in total. The first-order chi connectivity index (χ1) is 6.65. The number of aliphatic hydroxyl groups excluding tert-OH is 3. The molecule has 2 unspecified atom stereocenters. The summed E-state index contributed by atoms with van der Waals surface area (Å²) < 4.78 is 0. The van der Waals surface area contributed by atoms with Crippen LogP contribution in [-0.2, 0) is 0 Å². The fraction of sp³-hybridized carbons (Fsp3) is 1.00. The number of likely N-dealkylation sites (tertiary alicyclic amines) is 1.